The lowest BCUT2D eigenvalue weighted by Gasteiger charge is -2.15. The normalized spacial score (nSPS) is 18.5. The van der Waals surface area contributed by atoms with Crippen LogP contribution in [0.4, 0.5) is 0 Å². The summed E-state index contributed by atoms with van der Waals surface area (Å²) in [5, 5.41) is 8.86. The molecule has 1 aliphatic heterocycles. The highest BCUT2D eigenvalue weighted by molar-refractivity contribution is 8.15. The molecule has 27 heavy (non-hydrogen) atoms. The molecule has 1 amide bonds. The summed E-state index contributed by atoms with van der Waals surface area (Å²) >= 11 is 1.42. The van der Waals surface area contributed by atoms with Crippen LogP contribution in [0.3, 0.4) is 0 Å². The smallest absolute Gasteiger partial charge is 0.242 e. The summed E-state index contributed by atoms with van der Waals surface area (Å²) in [6.45, 7) is 2.33. The van der Waals surface area contributed by atoms with Gasteiger partial charge in [0.2, 0.25) is 5.91 Å². The van der Waals surface area contributed by atoms with Gasteiger partial charge in [-0.15, -0.1) is 5.10 Å². The molecule has 1 unspecified atom stereocenters. The molecule has 0 N–H and O–H groups in total. The summed E-state index contributed by atoms with van der Waals surface area (Å²) in [6.07, 6.45) is 1.66. The third kappa shape index (κ3) is 4.68. The van der Waals surface area contributed by atoms with Crippen LogP contribution in [0.15, 0.2) is 58.7 Å². The van der Waals surface area contributed by atoms with Gasteiger partial charge in [-0.25, -0.2) is 0 Å². The Morgan fingerprint density at radius 1 is 1.04 bits per heavy atom. The Morgan fingerprint density at radius 2 is 1.63 bits per heavy atom. The fourth-order valence-electron chi connectivity index (χ4n) is 2.56. The molecule has 6 nitrogen and oxygen atoms in total. The molecule has 0 spiro atoms. The van der Waals surface area contributed by atoms with Crippen molar-refractivity contribution in [3.05, 3.63) is 59.7 Å². The highest BCUT2D eigenvalue weighted by Crippen LogP contribution is 2.28. The first kappa shape index (κ1) is 19.0. The lowest BCUT2D eigenvalue weighted by molar-refractivity contribution is -0.126. The number of hydrogen-bond donors (Lipinski definition) is 0. The largest absolute Gasteiger partial charge is 0.497 e. The number of carbonyl (C=O) groups is 1. The molecule has 1 fully saturated rings. The van der Waals surface area contributed by atoms with Crippen LogP contribution in [0.1, 0.15) is 18.1 Å². The van der Waals surface area contributed by atoms with Crippen molar-refractivity contribution in [1.82, 2.24) is 4.90 Å². The Kier molecular flexibility index (Phi) is 6.13. The summed E-state index contributed by atoms with van der Waals surface area (Å²) in [4.78, 5) is 14.1. The molecule has 1 aliphatic rings. The highest BCUT2D eigenvalue weighted by Gasteiger charge is 2.35. The number of carbonyl (C=O) groups excluding carboxylic acids is 1. The summed E-state index contributed by atoms with van der Waals surface area (Å²) < 4.78 is 10.3. The first-order chi connectivity index (χ1) is 13.1. The van der Waals surface area contributed by atoms with E-state index in [4.69, 9.17) is 9.47 Å². The van der Waals surface area contributed by atoms with Crippen molar-refractivity contribution in [2.75, 3.05) is 14.2 Å². The number of hydrogen-bond acceptors (Lipinski definition) is 6. The fraction of sp³-hybridized carbons (Fsp3) is 0.250. The van der Waals surface area contributed by atoms with E-state index in [2.05, 4.69) is 10.2 Å². The lowest BCUT2D eigenvalue weighted by Crippen LogP contribution is -2.30. The Balaban J connectivity index is 1.73. The Labute approximate surface area is 162 Å². The van der Waals surface area contributed by atoms with E-state index in [0.717, 1.165) is 22.6 Å². The van der Waals surface area contributed by atoms with Gasteiger partial charge in [-0.2, -0.15) is 5.10 Å². The van der Waals surface area contributed by atoms with Crippen molar-refractivity contribution in [3.8, 4) is 11.5 Å². The first-order valence-corrected chi connectivity index (χ1v) is 9.34. The standard InChI is InChI=1S/C20H21N3O3S/c1-14-19(24)23(13-16-6-10-18(26-3)11-7-16)20(27-14)22-21-12-15-4-8-17(25-2)9-5-15/h4-12,14H,13H2,1-3H3. The third-order valence-corrected chi connectivity index (χ3v) is 5.16. The van der Waals surface area contributed by atoms with Crippen molar-refractivity contribution in [3.63, 3.8) is 0 Å². The lowest BCUT2D eigenvalue weighted by atomic mass is 10.2. The number of nitrogens with zero attached hydrogens (tertiary/aromatic N) is 3. The van der Waals surface area contributed by atoms with Crippen LogP contribution in [-0.4, -0.2) is 41.7 Å². The van der Waals surface area contributed by atoms with Crippen LogP contribution in [0.2, 0.25) is 0 Å². The molecule has 3 rings (SSSR count). The SMILES string of the molecule is COc1ccc(C=NN=C2SC(C)C(=O)N2Cc2ccc(OC)cc2)cc1. The first-order valence-electron chi connectivity index (χ1n) is 8.46. The minimum Gasteiger partial charge on any atom is -0.497 e. The molecule has 0 saturated carbocycles. The molecule has 1 saturated heterocycles. The molecule has 0 aromatic heterocycles. The summed E-state index contributed by atoms with van der Waals surface area (Å²) in [5.74, 6) is 1.61. The van der Waals surface area contributed by atoms with Gasteiger partial charge in [0.25, 0.3) is 0 Å². The van der Waals surface area contributed by atoms with Crippen LogP contribution in [0, 0.1) is 0 Å². The molecular weight excluding hydrogens is 362 g/mol. The van der Waals surface area contributed by atoms with E-state index < -0.39 is 0 Å². The van der Waals surface area contributed by atoms with Gasteiger partial charge in [-0.1, -0.05) is 23.9 Å². The number of methoxy groups -OCH3 is 2. The maximum absolute atomic E-state index is 12.5. The highest BCUT2D eigenvalue weighted by atomic mass is 32.2. The van der Waals surface area contributed by atoms with Crippen LogP contribution < -0.4 is 9.47 Å². The van der Waals surface area contributed by atoms with Crippen LogP contribution in [0.5, 0.6) is 11.5 Å². The van der Waals surface area contributed by atoms with Crippen molar-refractivity contribution in [1.29, 1.82) is 0 Å². The molecule has 0 aliphatic carbocycles. The number of thioether (sulfide) groups is 1. The van der Waals surface area contributed by atoms with Gasteiger partial charge in [-0.05, 0) is 54.4 Å². The summed E-state index contributed by atoms with van der Waals surface area (Å²) in [7, 11) is 3.25. The number of amidine groups is 1. The molecule has 0 radical (unpaired) electrons. The molecule has 1 heterocycles. The number of benzene rings is 2. The van der Waals surface area contributed by atoms with Gasteiger partial charge in [0.1, 0.15) is 11.5 Å². The van der Waals surface area contributed by atoms with Crippen molar-refractivity contribution >= 4 is 29.1 Å². The van der Waals surface area contributed by atoms with Gasteiger partial charge < -0.3 is 9.47 Å². The van der Waals surface area contributed by atoms with Gasteiger partial charge in [0.15, 0.2) is 5.17 Å². The van der Waals surface area contributed by atoms with E-state index in [1.807, 2.05) is 55.5 Å². The van der Waals surface area contributed by atoms with Crippen molar-refractivity contribution < 1.29 is 14.3 Å². The zero-order valence-corrected chi connectivity index (χ0v) is 16.3. The minimum absolute atomic E-state index is 0.0363. The molecule has 2 aromatic rings. The molecular formula is C20H21N3O3S. The molecule has 1 atom stereocenters. The summed E-state index contributed by atoms with van der Waals surface area (Å²) in [6, 6.07) is 15.2. The molecule has 140 valence electrons. The number of ether oxygens (including phenoxy) is 2. The predicted octanol–water partition coefficient (Wildman–Crippen LogP) is 3.56. The van der Waals surface area contributed by atoms with E-state index in [1.165, 1.54) is 11.8 Å². The maximum atomic E-state index is 12.5. The van der Waals surface area contributed by atoms with Crippen molar-refractivity contribution in [2.24, 2.45) is 10.2 Å². The minimum atomic E-state index is -0.168. The van der Waals surface area contributed by atoms with Crippen LogP contribution in [-0.2, 0) is 11.3 Å². The maximum Gasteiger partial charge on any atom is 0.242 e. The molecule has 0 bridgehead atoms. The quantitative estimate of drug-likeness (QED) is 0.565. The van der Waals surface area contributed by atoms with E-state index in [-0.39, 0.29) is 11.2 Å². The van der Waals surface area contributed by atoms with E-state index in [9.17, 15) is 4.79 Å². The average molecular weight is 383 g/mol. The molecule has 7 heteroatoms. The van der Waals surface area contributed by atoms with Crippen LogP contribution >= 0.6 is 11.8 Å². The fourth-order valence-corrected chi connectivity index (χ4v) is 3.48. The topological polar surface area (TPSA) is 63.5 Å². The number of rotatable bonds is 6. The predicted molar refractivity (Wildman–Crippen MR) is 109 cm³/mol. The second-order valence-corrected chi connectivity index (χ2v) is 7.24. The van der Waals surface area contributed by atoms with Gasteiger partial charge in [-0.3, -0.25) is 9.69 Å². The molecule has 2 aromatic carbocycles. The zero-order valence-electron chi connectivity index (χ0n) is 15.5. The van der Waals surface area contributed by atoms with Gasteiger partial charge >= 0.3 is 0 Å². The monoisotopic (exact) mass is 383 g/mol. The van der Waals surface area contributed by atoms with Gasteiger partial charge in [0, 0.05) is 0 Å². The second-order valence-electron chi connectivity index (χ2n) is 5.93. The average Bonchev–Trinajstić information content (AvgIpc) is 2.97. The summed E-state index contributed by atoms with van der Waals surface area (Å²) in [5.41, 5.74) is 1.91. The van der Waals surface area contributed by atoms with Gasteiger partial charge in [0.05, 0.1) is 32.2 Å². The zero-order chi connectivity index (χ0) is 19.2. The van der Waals surface area contributed by atoms with E-state index in [1.54, 1.807) is 25.3 Å². The van der Waals surface area contributed by atoms with E-state index in [0.29, 0.717) is 11.7 Å². The number of amides is 1. The Hall–Kier alpha value is -2.80. The third-order valence-electron chi connectivity index (χ3n) is 4.09. The van der Waals surface area contributed by atoms with Crippen molar-refractivity contribution in [2.45, 2.75) is 18.7 Å². The second kappa shape index (κ2) is 8.73. The van der Waals surface area contributed by atoms with E-state index >= 15 is 0 Å². The van der Waals surface area contributed by atoms with Crippen LogP contribution in [0.25, 0.3) is 0 Å². The Bertz CT molecular complexity index is 848. The Morgan fingerprint density at radius 3 is 2.22 bits per heavy atom.